The molecule has 2 aromatic heterocycles. The van der Waals surface area contributed by atoms with Crippen molar-refractivity contribution in [2.45, 2.75) is 25.4 Å². The van der Waals surface area contributed by atoms with Gasteiger partial charge in [0.1, 0.15) is 0 Å². The first-order valence-corrected chi connectivity index (χ1v) is 10.9. The number of fused-ring (bicyclic) bond motifs is 3. The molecule has 0 spiro atoms. The van der Waals surface area contributed by atoms with Gasteiger partial charge in [0.2, 0.25) is 0 Å². The highest BCUT2D eigenvalue weighted by Gasteiger charge is 2.20. The Morgan fingerprint density at radius 1 is 0.903 bits per heavy atom. The molecule has 2 heterocycles. The van der Waals surface area contributed by atoms with E-state index in [1.165, 1.54) is 37.2 Å². The van der Waals surface area contributed by atoms with E-state index in [2.05, 4.69) is 82.0 Å². The first-order valence-electron chi connectivity index (χ1n) is 10.1. The molecule has 2 N–H and O–H groups in total. The Morgan fingerprint density at radius 2 is 1.65 bits per heavy atom. The van der Waals surface area contributed by atoms with Crippen LogP contribution in [0.1, 0.15) is 16.0 Å². The molecule has 1 aliphatic carbocycles. The fourth-order valence-corrected chi connectivity index (χ4v) is 5.42. The number of aromatic nitrogens is 2. The van der Waals surface area contributed by atoms with E-state index in [9.17, 15) is 0 Å². The minimum Gasteiger partial charge on any atom is -0.345 e. The summed E-state index contributed by atoms with van der Waals surface area (Å²) in [5.74, 6) is 0. The van der Waals surface area contributed by atoms with Crippen LogP contribution in [0.5, 0.6) is 0 Å². The van der Waals surface area contributed by atoms with Gasteiger partial charge in [-0.2, -0.15) is 0 Å². The van der Waals surface area contributed by atoms with E-state index in [1.807, 2.05) is 11.3 Å². The zero-order valence-corrected chi connectivity index (χ0v) is 19.2. The fourth-order valence-electron chi connectivity index (χ4n) is 4.43. The molecule has 0 unspecified atom stereocenters. The Balaban J connectivity index is 0.00000116. The lowest BCUT2D eigenvalue weighted by Gasteiger charge is -2.10. The quantitative estimate of drug-likeness (QED) is 0.314. The molecule has 0 saturated carbocycles. The van der Waals surface area contributed by atoms with Gasteiger partial charge in [0.25, 0.3) is 0 Å². The number of nitrogens with zero attached hydrogens (tertiary/aromatic N) is 1. The molecule has 0 fully saturated rings. The van der Waals surface area contributed by atoms with Gasteiger partial charge < -0.3 is 10.3 Å². The highest BCUT2D eigenvalue weighted by atomic mass is 35.5. The average Bonchev–Trinajstić information content (AvgIpc) is 3.47. The molecule has 3 nitrogen and oxygen atoms in total. The zero-order chi connectivity index (χ0) is 19.2. The van der Waals surface area contributed by atoms with Crippen molar-refractivity contribution in [2.75, 3.05) is 0 Å². The van der Waals surface area contributed by atoms with E-state index in [4.69, 9.17) is 0 Å². The van der Waals surface area contributed by atoms with Gasteiger partial charge in [0, 0.05) is 22.2 Å². The summed E-state index contributed by atoms with van der Waals surface area (Å²) in [7, 11) is 0. The largest absolute Gasteiger partial charge is 0.345 e. The number of aromatic amines is 1. The van der Waals surface area contributed by atoms with E-state index >= 15 is 0 Å². The molecule has 5 aromatic rings. The maximum atomic E-state index is 4.31. The van der Waals surface area contributed by atoms with Crippen LogP contribution in [-0.2, 0) is 19.4 Å². The average molecular weight is 468 g/mol. The number of hydrogen-bond acceptors (Lipinski definition) is 3. The Hall–Kier alpha value is -2.37. The third-order valence-electron chi connectivity index (χ3n) is 5.94. The van der Waals surface area contributed by atoms with Crippen molar-refractivity contribution < 1.29 is 0 Å². The molecule has 158 valence electrons. The first kappa shape index (κ1) is 21.8. The van der Waals surface area contributed by atoms with Crippen LogP contribution in [0, 0.1) is 0 Å². The smallest absolute Gasteiger partial charge is 0.0931 e. The molecule has 0 radical (unpaired) electrons. The van der Waals surface area contributed by atoms with Crippen LogP contribution < -0.4 is 5.32 Å². The number of halogens is 2. The number of imidazole rings is 1. The molecular weight excluding hydrogens is 445 g/mol. The molecule has 6 heteroatoms. The molecule has 0 aliphatic heterocycles. The van der Waals surface area contributed by atoms with Crippen LogP contribution in [0.2, 0.25) is 0 Å². The van der Waals surface area contributed by atoms with Crippen molar-refractivity contribution >= 4 is 57.3 Å². The highest BCUT2D eigenvalue weighted by Crippen LogP contribution is 2.31. The van der Waals surface area contributed by atoms with Gasteiger partial charge in [0.15, 0.2) is 0 Å². The number of H-pyrrole nitrogens is 1. The summed E-state index contributed by atoms with van der Waals surface area (Å²) >= 11 is 1.89. The molecular formula is C25H23Cl2N3S. The standard InChI is InChI=1S/C25H21N3S.2ClH/c1-2-4-17-11-21(10-16(17)3-1)26-14-22-12-20-9-18(6-8-25(20)29-22)19-5-7-23-24(13-19)28-15-27-23;;/h1-9,12-13,15,21,26H,10-11,14H2,(H,27,28);2*1H. The summed E-state index contributed by atoms with van der Waals surface area (Å²) in [6.45, 7) is 0.938. The summed E-state index contributed by atoms with van der Waals surface area (Å²) < 4.78 is 1.35. The van der Waals surface area contributed by atoms with E-state index in [0.717, 1.165) is 30.4 Å². The second-order valence-corrected chi connectivity index (χ2v) is 9.02. The number of hydrogen-bond donors (Lipinski definition) is 2. The molecule has 0 bridgehead atoms. The van der Waals surface area contributed by atoms with Gasteiger partial charge in [-0.15, -0.1) is 36.2 Å². The molecule has 6 rings (SSSR count). The normalized spacial score (nSPS) is 13.2. The van der Waals surface area contributed by atoms with Gasteiger partial charge in [-0.1, -0.05) is 36.4 Å². The van der Waals surface area contributed by atoms with E-state index in [0.29, 0.717) is 6.04 Å². The predicted molar refractivity (Wildman–Crippen MR) is 136 cm³/mol. The summed E-state index contributed by atoms with van der Waals surface area (Å²) in [6.07, 6.45) is 4.03. The van der Waals surface area contributed by atoms with Crippen LogP contribution in [0.3, 0.4) is 0 Å². The van der Waals surface area contributed by atoms with Gasteiger partial charge in [0.05, 0.1) is 17.4 Å². The molecule has 1 aliphatic rings. The van der Waals surface area contributed by atoms with Crippen molar-refractivity contribution in [3.05, 3.63) is 89.1 Å². The van der Waals surface area contributed by atoms with E-state index in [1.54, 1.807) is 6.33 Å². The summed E-state index contributed by atoms with van der Waals surface area (Å²) in [4.78, 5) is 8.92. The van der Waals surface area contributed by atoms with Crippen LogP contribution in [0.15, 0.2) is 73.1 Å². The monoisotopic (exact) mass is 467 g/mol. The minimum atomic E-state index is 0. The van der Waals surface area contributed by atoms with Crippen LogP contribution in [0.4, 0.5) is 0 Å². The third-order valence-corrected chi connectivity index (χ3v) is 7.05. The van der Waals surface area contributed by atoms with Crippen LogP contribution in [0.25, 0.3) is 32.2 Å². The Labute approximate surface area is 197 Å². The summed E-state index contributed by atoms with van der Waals surface area (Å²) in [5, 5.41) is 5.09. The lowest BCUT2D eigenvalue weighted by molar-refractivity contribution is 0.536. The SMILES string of the molecule is Cl.Cl.c1ccc2c(c1)CC(NCc1cc3cc(-c4ccc5nc[nH]c5c4)ccc3s1)C2. The number of benzene rings is 3. The Kier molecular flexibility index (Phi) is 6.35. The second kappa shape index (κ2) is 9.01. The lowest BCUT2D eigenvalue weighted by Crippen LogP contribution is -2.28. The maximum absolute atomic E-state index is 4.31. The molecule has 0 saturated heterocycles. The van der Waals surface area contributed by atoms with Gasteiger partial charge in [-0.3, -0.25) is 0 Å². The van der Waals surface area contributed by atoms with Crippen molar-refractivity contribution in [1.82, 2.24) is 15.3 Å². The van der Waals surface area contributed by atoms with Crippen molar-refractivity contribution in [2.24, 2.45) is 0 Å². The van der Waals surface area contributed by atoms with Crippen LogP contribution in [-0.4, -0.2) is 16.0 Å². The predicted octanol–water partition coefficient (Wildman–Crippen LogP) is 6.55. The first-order chi connectivity index (χ1) is 14.3. The van der Waals surface area contributed by atoms with E-state index in [-0.39, 0.29) is 24.8 Å². The fraction of sp³-hybridized carbons (Fsp3) is 0.160. The second-order valence-electron chi connectivity index (χ2n) is 7.85. The minimum absolute atomic E-state index is 0. The summed E-state index contributed by atoms with van der Waals surface area (Å²) in [5.41, 5.74) is 7.55. The summed E-state index contributed by atoms with van der Waals surface area (Å²) in [6, 6.07) is 24.9. The topological polar surface area (TPSA) is 40.7 Å². The molecule has 3 aromatic carbocycles. The van der Waals surface area contributed by atoms with Crippen molar-refractivity contribution in [1.29, 1.82) is 0 Å². The van der Waals surface area contributed by atoms with Gasteiger partial charge in [-0.25, -0.2) is 4.98 Å². The molecule has 0 atom stereocenters. The van der Waals surface area contributed by atoms with E-state index < -0.39 is 0 Å². The number of nitrogens with one attached hydrogen (secondary N) is 2. The lowest BCUT2D eigenvalue weighted by atomic mass is 10.0. The zero-order valence-electron chi connectivity index (χ0n) is 16.8. The van der Waals surface area contributed by atoms with Gasteiger partial charge >= 0.3 is 0 Å². The Morgan fingerprint density at radius 3 is 2.45 bits per heavy atom. The maximum Gasteiger partial charge on any atom is 0.0931 e. The third kappa shape index (κ3) is 4.21. The van der Waals surface area contributed by atoms with Crippen LogP contribution >= 0.6 is 36.2 Å². The number of thiophene rings is 1. The highest BCUT2D eigenvalue weighted by molar-refractivity contribution is 7.19. The molecule has 0 amide bonds. The molecule has 31 heavy (non-hydrogen) atoms. The van der Waals surface area contributed by atoms with Crippen molar-refractivity contribution in [3.8, 4) is 11.1 Å². The Bertz CT molecular complexity index is 1320. The van der Waals surface area contributed by atoms with Gasteiger partial charge in [-0.05, 0) is 70.8 Å². The van der Waals surface area contributed by atoms with Crippen molar-refractivity contribution in [3.63, 3.8) is 0 Å². The number of rotatable bonds is 4.